The number of benzene rings is 1. The molecule has 2 saturated heterocycles. The third kappa shape index (κ3) is 4.18. The van der Waals surface area contributed by atoms with Gasteiger partial charge in [0.2, 0.25) is 0 Å². The molecule has 3 atom stereocenters. The smallest absolute Gasteiger partial charge is 0.417 e. The molecule has 2 fully saturated rings. The van der Waals surface area contributed by atoms with Crippen molar-refractivity contribution in [2.24, 2.45) is 0 Å². The molecule has 0 aliphatic carbocycles. The maximum absolute atomic E-state index is 13.2. The third-order valence-corrected chi connectivity index (χ3v) is 4.49. The van der Waals surface area contributed by atoms with Crippen molar-refractivity contribution in [3.63, 3.8) is 0 Å². The summed E-state index contributed by atoms with van der Waals surface area (Å²) in [4.78, 5) is 52.2. The van der Waals surface area contributed by atoms with Crippen LogP contribution in [-0.4, -0.2) is 64.8 Å². The predicted molar refractivity (Wildman–Crippen MR) is 99.7 cm³/mol. The largest absolute Gasteiger partial charge is 0.464 e. The standard InChI is InChI=1S/C20H24N2O7/c1-5-27-17(24)15-14(22(15)19(26)29-20(2,3)4)16(23)21-13(11-28-18(21)25)12-9-7-6-8-10-12/h6-10,13-15H,5,11H2,1-4H3/t13-,14+,15?,22?/m1/s1. The van der Waals surface area contributed by atoms with Gasteiger partial charge in [-0.3, -0.25) is 9.69 Å². The number of esters is 1. The minimum absolute atomic E-state index is 0.00217. The second-order valence-electron chi connectivity index (χ2n) is 7.74. The number of amides is 3. The van der Waals surface area contributed by atoms with Crippen molar-refractivity contribution < 1.29 is 33.4 Å². The lowest BCUT2D eigenvalue weighted by molar-refractivity contribution is -0.144. The molecule has 3 rings (SSSR count). The molecular weight excluding hydrogens is 380 g/mol. The Morgan fingerprint density at radius 3 is 2.38 bits per heavy atom. The van der Waals surface area contributed by atoms with Gasteiger partial charge >= 0.3 is 18.2 Å². The summed E-state index contributed by atoms with van der Waals surface area (Å²) in [5.41, 5.74) is -0.102. The van der Waals surface area contributed by atoms with E-state index in [0.717, 1.165) is 9.80 Å². The summed E-state index contributed by atoms with van der Waals surface area (Å²) in [5.74, 6) is -1.43. The fraction of sp³-hybridized carbons (Fsp3) is 0.500. The zero-order valence-electron chi connectivity index (χ0n) is 16.8. The first kappa shape index (κ1) is 20.6. The Morgan fingerprint density at radius 2 is 1.79 bits per heavy atom. The van der Waals surface area contributed by atoms with Crippen LogP contribution in [0.2, 0.25) is 0 Å². The van der Waals surface area contributed by atoms with Gasteiger partial charge in [0.25, 0.3) is 5.91 Å². The SMILES string of the molecule is CCOC(=O)C1[C@@H](C(=O)N2C(=O)OC[C@@H]2c2ccccc2)N1C(=O)OC(C)(C)C. The number of cyclic esters (lactones) is 1. The highest BCUT2D eigenvalue weighted by atomic mass is 16.6. The fourth-order valence-electron chi connectivity index (χ4n) is 3.23. The van der Waals surface area contributed by atoms with Gasteiger partial charge in [0.15, 0.2) is 6.04 Å². The van der Waals surface area contributed by atoms with Gasteiger partial charge in [0, 0.05) is 0 Å². The van der Waals surface area contributed by atoms with Gasteiger partial charge in [-0.15, -0.1) is 0 Å². The molecule has 2 aliphatic rings. The molecule has 2 heterocycles. The number of ether oxygens (including phenoxy) is 3. The first-order chi connectivity index (χ1) is 13.7. The Balaban J connectivity index is 1.85. The Morgan fingerprint density at radius 1 is 1.14 bits per heavy atom. The van der Waals surface area contributed by atoms with Crippen LogP contribution in [0.1, 0.15) is 39.3 Å². The van der Waals surface area contributed by atoms with E-state index in [0.29, 0.717) is 5.56 Å². The predicted octanol–water partition coefficient (Wildman–Crippen LogP) is 2.26. The average Bonchev–Trinajstić information content (AvgIpc) is 3.29. The molecule has 0 bridgehead atoms. The highest BCUT2D eigenvalue weighted by Gasteiger charge is 2.64. The van der Waals surface area contributed by atoms with E-state index in [1.54, 1.807) is 52.0 Å². The third-order valence-electron chi connectivity index (χ3n) is 4.49. The molecule has 1 aromatic rings. The lowest BCUT2D eigenvalue weighted by Crippen LogP contribution is -2.40. The van der Waals surface area contributed by atoms with Crippen molar-refractivity contribution in [1.82, 2.24) is 9.80 Å². The van der Waals surface area contributed by atoms with E-state index < -0.39 is 47.8 Å². The molecule has 1 unspecified atom stereocenters. The van der Waals surface area contributed by atoms with Crippen molar-refractivity contribution in [1.29, 1.82) is 0 Å². The summed E-state index contributed by atoms with van der Waals surface area (Å²) in [7, 11) is 0. The van der Waals surface area contributed by atoms with E-state index in [4.69, 9.17) is 14.2 Å². The van der Waals surface area contributed by atoms with Crippen LogP contribution in [0.15, 0.2) is 30.3 Å². The maximum atomic E-state index is 13.2. The highest BCUT2D eigenvalue weighted by molar-refractivity contribution is 6.06. The van der Waals surface area contributed by atoms with E-state index in [2.05, 4.69) is 0 Å². The molecule has 0 spiro atoms. The number of carbonyl (C=O) groups is 4. The van der Waals surface area contributed by atoms with E-state index in [1.807, 2.05) is 6.07 Å². The summed E-state index contributed by atoms with van der Waals surface area (Å²) >= 11 is 0. The maximum Gasteiger partial charge on any atom is 0.417 e. The lowest BCUT2D eigenvalue weighted by atomic mass is 10.1. The van der Waals surface area contributed by atoms with Crippen LogP contribution < -0.4 is 0 Å². The second-order valence-corrected chi connectivity index (χ2v) is 7.74. The van der Waals surface area contributed by atoms with Crippen molar-refractivity contribution in [2.75, 3.05) is 13.2 Å². The van der Waals surface area contributed by atoms with Crippen LogP contribution in [0, 0.1) is 0 Å². The summed E-state index contributed by atoms with van der Waals surface area (Å²) in [5, 5.41) is 0. The summed E-state index contributed by atoms with van der Waals surface area (Å²) < 4.78 is 15.3. The molecule has 9 nitrogen and oxygen atoms in total. The fourth-order valence-corrected chi connectivity index (χ4v) is 3.23. The lowest BCUT2D eigenvalue weighted by Gasteiger charge is -2.21. The molecule has 0 radical (unpaired) electrons. The molecule has 156 valence electrons. The van der Waals surface area contributed by atoms with Crippen molar-refractivity contribution in [3.8, 4) is 0 Å². The monoisotopic (exact) mass is 404 g/mol. The average molecular weight is 404 g/mol. The number of imide groups is 1. The van der Waals surface area contributed by atoms with Crippen molar-refractivity contribution in [2.45, 2.75) is 51.4 Å². The molecule has 0 saturated carbocycles. The van der Waals surface area contributed by atoms with Gasteiger partial charge < -0.3 is 14.2 Å². The Labute approximate surface area is 168 Å². The number of rotatable bonds is 4. The number of hydrogen-bond donors (Lipinski definition) is 0. The summed E-state index contributed by atoms with van der Waals surface area (Å²) in [6.45, 7) is 6.74. The number of carbonyl (C=O) groups excluding carboxylic acids is 4. The van der Waals surface area contributed by atoms with E-state index in [-0.39, 0.29) is 13.2 Å². The Bertz CT molecular complexity index is 818. The van der Waals surface area contributed by atoms with Crippen molar-refractivity contribution in [3.05, 3.63) is 35.9 Å². The first-order valence-corrected chi connectivity index (χ1v) is 9.38. The minimum Gasteiger partial charge on any atom is -0.464 e. The van der Waals surface area contributed by atoms with Crippen LogP contribution in [0.3, 0.4) is 0 Å². The minimum atomic E-state index is -1.18. The number of hydrogen-bond acceptors (Lipinski definition) is 7. The van der Waals surface area contributed by atoms with Gasteiger partial charge in [-0.05, 0) is 33.3 Å². The molecule has 1 aromatic carbocycles. The van der Waals surface area contributed by atoms with Gasteiger partial charge in [0.1, 0.15) is 24.3 Å². The van der Waals surface area contributed by atoms with E-state index in [9.17, 15) is 19.2 Å². The molecule has 9 heteroatoms. The highest BCUT2D eigenvalue weighted by Crippen LogP contribution is 2.37. The van der Waals surface area contributed by atoms with Gasteiger partial charge in [-0.25, -0.2) is 19.3 Å². The van der Waals surface area contributed by atoms with E-state index in [1.165, 1.54) is 0 Å². The van der Waals surface area contributed by atoms with Crippen molar-refractivity contribution >= 4 is 24.1 Å². The molecule has 0 aromatic heterocycles. The Hall–Kier alpha value is -3.10. The quantitative estimate of drug-likeness (QED) is 0.431. The zero-order valence-corrected chi connectivity index (χ0v) is 16.8. The normalized spacial score (nSPS) is 23.4. The van der Waals surface area contributed by atoms with Gasteiger partial charge in [-0.1, -0.05) is 30.3 Å². The van der Waals surface area contributed by atoms with Crippen LogP contribution in [0.25, 0.3) is 0 Å². The number of nitrogens with zero attached hydrogens (tertiary/aromatic N) is 2. The second kappa shape index (κ2) is 7.73. The molecular formula is C20H24N2O7. The zero-order chi connectivity index (χ0) is 21.3. The van der Waals surface area contributed by atoms with Gasteiger partial charge in [-0.2, -0.15) is 0 Å². The first-order valence-electron chi connectivity index (χ1n) is 9.38. The molecule has 2 aliphatic heterocycles. The van der Waals surface area contributed by atoms with Crippen LogP contribution in [0.4, 0.5) is 9.59 Å². The van der Waals surface area contributed by atoms with E-state index >= 15 is 0 Å². The molecule has 29 heavy (non-hydrogen) atoms. The topological polar surface area (TPSA) is 102 Å². The molecule has 3 amide bonds. The molecule has 0 N–H and O–H groups in total. The van der Waals surface area contributed by atoms with Gasteiger partial charge in [0.05, 0.1) is 6.61 Å². The Kier molecular flexibility index (Phi) is 5.50. The van der Waals surface area contributed by atoms with Crippen LogP contribution in [0.5, 0.6) is 0 Å². The summed E-state index contributed by atoms with van der Waals surface area (Å²) in [6, 6.07) is 5.97. The van der Waals surface area contributed by atoms with Crippen LogP contribution in [-0.2, 0) is 23.8 Å². The summed E-state index contributed by atoms with van der Waals surface area (Å²) in [6.07, 6.45) is -1.64. The van der Waals surface area contributed by atoms with Crippen LogP contribution >= 0.6 is 0 Å².